The summed E-state index contributed by atoms with van der Waals surface area (Å²) in [6.07, 6.45) is 0. The predicted octanol–water partition coefficient (Wildman–Crippen LogP) is 12.0. The van der Waals surface area contributed by atoms with Gasteiger partial charge in [0.1, 0.15) is 0 Å². The Balaban J connectivity index is 0.00000160. The van der Waals surface area contributed by atoms with Crippen LogP contribution in [0.25, 0.3) is 65.3 Å². The molecule has 0 atom stereocenters. The van der Waals surface area contributed by atoms with Crippen molar-refractivity contribution in [1.29, 1.82) is 0 Å². The van der Waals surface area contributed by atoms with Crippen LogP contribution in [-0.2, 0) is 26.2 Å². The molecular weight excluding hydrogens is 768 g/mol. The van der Waals surface area contributed by atoms with Gasteiger partial charge in [-0.1, -0.05) is 193 Å². The maximum Gasteiger partial charge on any atom is 4.00 e. The van der Waals surface area contributed by atoms with Crippen LogP contribution in [0.5, 0.6) is 0 Å². The van der Waals surface area contributed by atoms with E-state index in [1.165, 1.54) is 97.2 Å². The van der Waals surface area contributed by atoms with Gasteiger partial charge in [-0.05, 0) is 31.9 Å². The van der Waals surface area contributed by atoms with Gasteiger partial charge in [0, 0.05) is 0 Å². The Hall–Kier alpha value is -5.40. The maximum atomic E-state index is 2.47. The summed E-state index contributed by atoms with van der Waals surface area (Å²) in [6.45, 7) is 4.60. The number of aryl methyl sites for hydroxylation is 2. The Morgan fingerprint density at radius 3 is 1.16 bits per heavy atom. The van der Waals surface area contributed by atoms with E-state index in [-0.39, 0.29) is 41.1 Å². The van der Waals surface area contributed by atoms with Gasteiger partial charge in [0.2, 0.25) is 0 Å². The fraction of sp³-hybridized carbons (Fsp3) is 0.0370. The third-order valence-electron chi connectivity index (χ3n) is 11.6. The molecule has 0 amide bonds. The van der Waals surface area contributed by atoms with E-state index in [1.807, 2.05) is 0 Å². The molecule has 0 heterocycles. The second-order valence-electron chi connectivity index (χ2n) is 14.5. The first kappa shape index (κ1) is 38.9. The predicted molar refractivity (Wildman–Crippen MR) is 244 cm³/mol. The Kier molecular flexibility index (Phi) is 10.8. The SMILES string of the molecule is Cc1[cH-]c2cccc([Si](c3ccccc3)(c3ccccc3)c3cccc4[cH-]c(C)c(-c5cccc6ccccc56)c34)c2c1-c1cccc2ccccc12.[CH3-].[CH3-].[Zr+4]. The molecule has 0 radical (unpaired) electrons. The Morgan fingerprint density at radius 2 is 0.732 bits per heavy atom. The first-order valence-electron chi connectivity index (χ1n) is 18.6. The van der Waals surface area contributed by atoms with Crippen molar-refractivity contribution in [3.63, 3.8) is 0 Å². The molecule has 2 heteroatoms. The second kappa shape index (κ2) is 15.6. The van der Waals surface area contributed by atoms with Crippen LogP contribution < -0.4 is 20.7 Å². The molecule has 0 N–H and O–H groups in total. The summed E-state index contributed by atoms with van der Waals surface area (Å²) in [6, 6.07) is 73.2. The molecule has 10 aromatic carbocycles. The van der Waals surface area contributed by atoms with Gasteiger partial charge in [-0.15, -0.1) is 80.2 Å². The van der Waals surface area contributed by atoms with E-state index in [2.05, 4.69) is 208 Å². The van der Waals surface area contributed by atoms with Crippen LogP contribution in [-0.4, -0.2) is 8.07 Å². The van der Waals surface area contributed by atoms with Gasteiger partial charge in [0.25, 0.3) is 0 Å². The summed E-state index contributed by atoms with van der Waals surface area (Å²) in [5.41, 5.74) is 7.91. The summed E-state index contributed by atoms with van der Waals surface area (Å²) in [5.74, 6) is 0. The smallest absolute Gasteiger partial charge is 0.358 e. The zero-order valence-electron chi connectivity index (χ0n) is 32.5. The molecule has 0 saturated carbocycles. The van der Waals surface area contributed by atoms with Crippen molar-refractivity contribution in [2.75, 3.05) is 0 Å². The van der Waals surface area contributed by atoms with Gasteiger partial charge in [0.05, 0.1) is 0 Å². The molecular formula is C54H44SiZr. The Labute approximate surface area is 352 Å². The second-order valence-corrected chi connectivity index (χ2v) is 18.2. The summed E-state index contributed by atoms with van der Waals surface area (Å²) in [4.78, 5) is 0. The third-order valence-corrected chi connectivity index (χ3v) is 16.4. The normalized spacial score (nSPS) is 11.3. The number of hydrogen-bond acceptors (Lipinski definition) is 0. The fourth-order valence-corrected chi connectivity index (χ4v) is 14.7. The van der Waals surface area contributed by atoms with Crippen molar-refractivity contribution in [3.8, 4) is 22.3 Å². The van der Waals surface area contributed by atoms with Crippen molar-refractivity contribution in [3.05, 3.63) is 220 Å². The number of rotatable bonds is 6. The van der Waals surface area contributed by atoms with Crippen LogP contribution in [0.3, 0.4) is 0 Å². The van der Waals surface area contributed by atoms with Crippen LogP contribution in [0.1, 0.15) is 11.1 Å². The van der Waals surface area contributed by atoms with E-state index in [0.29, 0.717) is 0 Å². The van der Waals surface area contributed by atoms with Crippen molar-refractivity contribution in [2.24, 2.45) is 0 Å². The van der Waals surface area contributed by atoms with Gasteiger partial charge in [-0.2, -0.15) is 0 Å². The van der Waals surface area contributed by atoms with Gasteiger partial charge in [-0.3, -0.25) is 0 Å². The minimum atomic E-state index is -3.07. The van der Waals surface area contributed by atoms with Crippen molar-refractivity contribution >= 4 is 71.9 Å². The monoisotopic (exact) mass is 810 g/mol. The zero-order chi connectivity index (χ0) is 35.5. The van der Waals surface area contributed by atoms with E-state index in [9.17, 15) is 0 Å². The van der Waals surface area contributed by atoms with Crippen LogP contribution in [0.2, 0.25) is 0 Å². The average Bonchev–Trinajstić information content (AvgIpc) is 3.74. The number of hydrogen-bond donors (Lipinski definition) is 0. The third kappa shape index (κ3) is 5.90. The molecule has 0 aliphatic rings. The quantitative estimate of drug-likeness (QED) is 0.0891. The summed E-state index contributed by atoms with van der Waals surface area (Å²) in [7, 11) is -3.07. The molecule has 10 aromatic rings. The van der Waals surface area contributed by atoms with Crippen LogP contribution in [0, 0.1) is 28.7 Å². The Bertz CT molecular complexity index is 2750. The minimum absolute atomic E-state index is 0. The maximum absolute atomic E-state index is 3.07. The van der Waals surface area contributed by atoms with Crippen LogP contribution in [0.15, 0.2) is 194 Å². The Morgan fingerprint density at radius 1 is 0.375 bits per heavy atom. The van der Waals surface area contributed by atoms with Gasteiger partial charge >= 0.3 is 26.2 Å². The molecule has 0 saturated heterocycles. The van der Waals surface area contributed by atoms with E-state index in [1.54, 1.807) is 0 Å². The summed E-state index contributed by atoms with van der Waals surface area (Å²) in [5, 5.41) is 16.1. The van der Waals surface area contributed by atoms with E-state index in [0.717, 1.165) is 0 Å². The average molecular weight is 812 g/mol. The summed E-state index contributed by atoms with van der Waals surface area (Å²) < 4.78 is 0. The molecule has 56 heavy (non-hydrogen) atoms. The number of fused-ring (bicyclic) bond motifs is 4. The standard InChI is InChI=1S/C52H38Si.2CH3.Zr/c1-35-33-39-21-15-31-47(51(39)49(35)45-29-13-19-37-17-9-11-27-43(37)45)53(41-23-5-3-6-24-41,42-25-7-4-8-26-42)48-32-16-22-40-34-36(2)50(52(40)48)46-30-14-20-38-18-10-12-28-44(38)46;;;/h3-34H,1-2H3;2*1H3;/q-2;2*-1;+4. The van der Waals surface area contributed by atoms with E-state index < -0.39 is 8.07 Å². The summed E-state index contributed by atoms with van der Waals surface area (Å²) >= 11 is 0. The van der Waals surface area contributed by atoms with Gasteiger partial charge in [-0.25, -0.2) is 0 Å². The zero-order valence-corrected chi connectivity index (χ0v) is 35.9. The molecule has 0 fully saturated rings. The molecule has 10 rings (SSSR count). The van der Waals surface area contributed by atoms with E-state index >= 15 is 0 Å². The molecule has 0 aromatic heterocycles. The van der Waals surface area contributed by atoms with Crippen molar-refractivity contribution < 1.29 is 26.2 Å². The van der Waals surface area contributed by atoms with Crippen molar-refractivity contribution in [1.82, 2.24) is 0 Å². The minimum Gasteiger partial charge on any atom is -0.358 e. The van der Waals surface area contributed by atoms with Gasteiger partial charge < -0.3 is 14.9 Å². The van der Waals surface area contributed by atoms with Gasteiger partial charge in [0.15, 0.2) is 8.07 Å². The topological polar surface area (TPSA) is 0 Å². The molecule has 0 aliphatic carbocycles. The molecule has 0 nitrogen and oxygen atoms in total. The first-order chi connectivity index (χ1) is 26.1. The molecule has 0 spiro atoms. The molecule has 0 aliphatic heterocycles. The van der Waals surface area contributed by atoms with E-state index in [4.69, 9.17) is 0 Å². The van der Waals surface area contributed by atoms with Crippen molar-refractivity contribution in [2.45, 2.75) is 13.8 Å². The first-order valence-corrected chi connectivity index (χ1v) is 20.6. The number of benzene rings is 8. The van der Waals surface area contributed by atoms with Crippen LogP contribution in [0.4, 0.5) is 0 Å². The fourth-order valence-electron chi connectivity index (χ4n) is 9.46. The largest absolute Gasteiger partial charge is 4.00 e. The molecule has 268 valence electrons. The molecule has 0 unspecified atom stereocenters. The molecule has 0 bridgehead atoms. The van der Waals surface area contributed by atoms with Crippen LogP contribution >= 0.6 is 0 Å².